The molecule has 0 heterocycles. The van der Waals surface area contributed by atoms with E-state index in [-0.39, 0.29) is 0 Å². The topological polar surface area (TPSA) is 18.5 Å². The van der Waals surface area contributed by atoms with E-state index >= 15 is 0 Å². The van der Waals surface area contributed by atoms with E-state index in [2.05, 4.69) is 53.1 Å². The van der Waals surface area contributed by atoms with E-state index in [9.17, 15) is 0 Å². The fraction of sp³-hybridized carbons (Fsp3) is 1.00. The molecular formula is C26H60O2Si3. The monoisotopic (exact) mass is 488 g/mol. The standard InChI is InChI=1S/C26H60O2Si3/c1-9-11-13-15-17-18-20-22-24-26-30(5,6)28-31(7,8)27-29(3,4)25-23-21-19-16-14-12-10-2/h9-26H2,1-8H3. The minimum absolute atomic E-state index is 1.29. The summed E-state index contributed by atoms with van der Waals surface area (Å²) in [6, 6.07) is 2.59. The Balaban J connectivity index is 4.04. The van der Waals surface area contributed by atoms with E-state index in [0.717, 1.165) is 0 Å². The van der Waals surface area contributed by atoms with E-state index in [4.69, 9.17) is 8.23 Å². The second-order valence-electron chi connectivity index (χ2n) is 11.6. The molecule has 0 aromatic rings. The lowest BCUT2D eigenvalue weighted by atomic mass is 10.1. The van der Waals surface area contributed by atoms with Crippen molar-refractivity contribution in [3.8, 4) is 0 Å². The lowest BCUT2D eigenvalue weighted by Crippen LogP contribution is -2.52. The first-order chi connectivity index (χ1) is 14.5. The maximum atomic E-state index is 6.80. The summed E-state index contributed by atoms with van der Waals surface area (Å²) >= 11 is 0. The van der Waals surface area contributed by atoms with Crippen molar-refractivity contribution in [2.24, 2.45) is 0 Å². The minimum Gasteiger partial charge on any atom is -0.437 e. The molecule has 0 fully saturated rings. The summed E-state index contributed by atoms with van der Waals surface area (Å²) in [5, 5.41) is 0. The van der Waals surface area contributed by atoms with Crippen molar-refractivity contribution in [3.63, 3.8) is 0 Å². The quantitative estimate of drug-likeness (QED) is 0.111. The van der Waals surface area contributed by atoms with Crippen molar-refractivity contribution in [2.45, 2.75) is 168 Å². The van der Waals surface area contributed by atoms with Crippen LogP contribution in [0.1, 0.15) is 117 Å². The van der Waals surface area contributed by atoms with Crippen LogP contribution in [0.3, 0.4) is 0 Å². The number of unbranched alkanes of at least 4 members (excludes halogenated alkanes) is 14. The first-order valence-corrected chi connectivity index (χ1v) is 23.0. The molecule has 0 aliphatic heterocycles. The Morgan fingerprint density at radius 1 is 0.387 bits per heavy atom. The molecule has 0 aromatic carbocycles. The zero-order valence-corrected chi connectivity index (χ0v) is 26.0. The third-order valence-electron chi connectivity index (χ3n) is 6.31. The highest BCUT2D eigenvalue weighted by Gasteiger charge is 2.39. The normalized spacial score (nSPS) is 13.2. The van der Waals surface area contributed by atoms with Gasteiger partial charge in [0.2, 0.25) is 0 Å². The molecule has 0 saturated heterocycles. The smallest absolute Gasteiger partial charge is 0.311 e. The zero-order valence-electron chi connectivity index (χ0n) is 23.0. The van der Waals surface area contributed by atoms with Gasteiger partial charge in [-0.2, -0.15) is 0 Å². The van der Waals surface area contributed by atoms with Crippen LogP contribution in [0.2, 0.25) is 51.4 Å². The third kappa shape index (κ3) is 20.9. The van der Waals surface area contributed by atoms with E-state index in [1.807, 2.05) is 0 Å². The van der Waals surface area contributed by atoms with Crippen molar-refractivity contribution in [1.82, 2.24) is 0 Å². The molecular weight excluding hydrogens is 429 g/mol. The van der Waals surface area contributed by atoms with Crippen LogP contribution in [-0.2, 0) is 8.23 Å². The van der Waals surface area contributed by atoms with Crippen LogP contribution < -0.4 is 0 Å². The fourth-order valence-electron chi connectivity index (χ4n) is 4.82. The molecule has 2 nitrogen and oxygen atoms in total. The molecule has 0 amide bonds. The van der Waals surface area contributed by atoms with E-state index < -0.39 is 25.2 Å². The Labute approximate surface area is 201 Å². The van der Waals surface area contributed by atoms with Crippen LogP contribution in [0.4, 0.5) is 0 Å². The van der Waals surface area contributed by atoms with Gasteiger partial charge in [0.05, 0.1) is 0 Å². The van der Waals surface area contributed by atoms with Gasteiger partial charge in [0.25, 0.3) is 0 Å². The van der Waals surface area contributed by atoms with Gasteiger partial charge in [-0.15, -0.1) is 0 Å². The Kier molecular flexibility index (Phi) is 18.3. The van der Waals surface area contributed by atoms with Gasteiger partial charge < -0.3 is 8.23 Å². The van der Waals surface area contributed by atoms with Crippen LogP contribution in [0.5, 0.6) is 0 Å². The summed E-state index contributed by atoms with van der Waals surface area (Å²) in [4.78, 5) is 0. The van der Waals surface area contributed by atoms with Gasteiger partial charge in [0, 0.05) is 0 Å². The Morgan fingerprint density at radius 2 is 0.645 bits per heavy atom. The minimum atomic E-state index is -2.03. The lowest BCUT2D eigenvalue weighted by Gasteiger charge is -2.39. The number of rotatable bonds is 22. The SMILES string of the molecule is CCCCCCCCCCC[Si](C)(C)O[Si](C)(C)O[Si](C)(C)CCCCCCCCC. The molecule has 0 N–H and O–H groups in total. The zero-order chi connectivity index (χ0) is 23.6. The first kappa shape index (κ1) is 31.6. The maximum absolute atomic E-state index is 6.80. The van der Waals surface area contributed by atoms with Crippen LogP contribution in [0.25, 0.3) is 0 Å². The molecule has 0 aliphatic rings. The summed E-state index contributed by atoms with van der Waals surface area (Å²) in [5.41, 5.74) is 0. The van der Waals surface area contributed by atoms with Crippen LogP contribution in [0, 0.1) is 0 Å². The van der Waals surface area contributed by atoms with E-state index in [0.29, 0.717) is 0 Å². The molecule has 0 unspecified atom stereocenters. The molecule has 0 radical (unpaired) electrons. The Bertz CT molecular complexity index is 411. The molecule has 31 heavy (non-hydrogen) atoms. The van der Waals surface area contributed by atoms with Crippen LogP contribution in [0.15, 0.2) is 0 Å². The fourth-order valence-corrected chi connectivity index (χ4v) is 19.0. The number of hydrogen-bond donors (Lipinski definition) is 0. The van der Waals surface area contributed by atoms with Gasteiger partial charge in [0.15, 0.2) is 16.6 Å². The van der Waals surface area contributed by atoms with Gasteiger partial charge in [-0.25, -0.2) is 0 Å². The molecule has 5 heteroatoms. The van der Waals surface area contributed by atoms with E-state index in [1.54, 1.807) is 0 Å². The summed E-state index contributed by atoms with van der Waals surface area (Å²) in [5.74, 6) is 0. The highest BCUT2D eigenvalue weighted by molar-refractivity contribution is 6.87. The number of hydrogen-bond acceptors (Lipinski definition) is 2. The molecule has 0 spiro atoms. The summed E-state index contributed by atoms with van der Waals surface area (Å²) < 4.78 is 13.6. The van der Waals surface area contributed by atoms with Crippen molar-refractivity contribution in [2.75, 3.05) is 0 Å². The van der Waals surface area contributed by atoms with Crippen molar-refractivity contribution in [1.29, 1.82) is 0 Å². The summed E-state index contributed by atoms with van der Waals surface area (Å²) in [7, 11) is -5.27. The highest BCUT2D eigenvalue weighted by Crippen LogP contribution is 2.27. The molecule has 0 aliphatic carbocycles. The molecule has 0 saturated carbocycles. The largest absolute Gasteiger partial charge is 0.437 e. The molecule has 0 rings (SSSR count). The van der Waals surface area contributed by atoms with Crippen LogP contribution >= 0.6 is 0 Å². The molecule has 0 atom stereocenters. The average Bonchev–Trinajstić information content (AvgIpc) is 2.64. The third-order valence-corrected chi connectivity index (χ3v) is 17.8. The van der Waals surface area contributed by atoms with Gasteiger partial charge >= 0.3 is 8.56 Å². The second-order valence-corrected chi connectivity index (χ2v) is 24.0. The Morgan fingerprint density at radius 3 is 0.935 bits per heavy atom. The second kappa shape index (κ2) is 18.0. The lowest BCUT2D eigenvalue weighted by molar-refractivity contribution is 0.385. The van der Waals surface area contributed by atoms with Gasteiger partial charge in [-0.05, 0) is 51.4 Å². The summed E-state index contributed by atoms with van der Waals surface area (Å²) in [6.07, 6.45) is 22.3. The highest BCUT2D eigenvalue weighted by atomic mass is 28.5. The van der Waals surface area contributed by atoms with Crippen molar-refractivity contribution in [3.05, 3.63) is 0 Å². The molecule has 188 valence electrons. The first-order valence-electron chi connectivity index (χ1n) is 13.9. The van der Waals surface area contributed by atoms with Crippen molar-refractivity contribution >= 4 is 25.2 Å². The maximum Gasteiger partial charge on any atom is 0.311 e. The van der Waals surface area contributed by atoms with Gasteiger partial charge in [0.1, 0.15) is 0 Å². The van der Waals surface area contributed by atoms with Gasteiger partial charge in [-0.1, -0.05) is 117 Å². The molecule has 0 aromatic heterocycles. The molecule has 0 bridgehead atoms. The van der Waals surface area contributed by atoms with E-state index in [1.165, 1.54) is 115 Å². The average molecular weight is 489 g/mol. The van der Waals surface area contributed by atoms with Crippen molar-refractivity contribution < 1.29 is 8.23 Å². The van der Waals surface area contributed by atoms with Crippen LogP contribution in [-0.4, -0.2) is 25.2 Å². The Hall–Kier alpha value is 0.571. The predicted octanol–water partition coefficient (Wildman–Crippen LogP) is 10.4. The summed E-state index contributed by atoms with van der Waals surface area (Å²) in [6.45, 7) is 18.9. The predicted molar refractivity (Wildman–Crippen MR) is 149 cm³/mol. The van der Waals surface area contributed by atoms with Gasteiger partial charge in [-0.3, -0.25) is 0 Å².